The summed E-state index contributed by atoms with van der Waals surface area (Å²) in [5.74, 6) is 1.43. The Kier molecular flexibility index (Phi) is 4.29. The highest BCUT2D eigenvalue weighted by Gasteiger charge is 2.11. The quantitative estimate of drug-likeness (QED) is 0.666. The van der Waals surface area contributed by atoms with Gasteiger partial charge in [-0.3, -0.25) is 0 Å². The Morgan fingerprint density at radius 1 is 1.18 bits per heavy atom. The molecule has 0 amide bonds. The zero-order chi connectivity index (χ0) is 15.5. The van der Waals surface area contributed by atoms with Crippen LogP contribution in [-0.2, 0) is 6.54 Å². The Morgan fingerprint density at radius 2 is 2.00 bits per heavy atom. The second-order valence-corrected chi connectivity index (χ2v) is 6.62. The van der Waals surface area contributed by atoms with Crippen LogP contribution in [0.15, 0.2) is 57.5 Å². The van der Waals surface area contributed by atoms with Gasteiger partial charge in [0.05, 0.1) is 17.6 Å². The second kappa shape index (κ2) is 6.36. The van der Waals surface area contributed by atoms with Gasteiger partial charge < -0.3 is 8.98 Å². The molecule has 0 aliphatic carbocycles. The van der Waals surface area contributed by atoms with Crippen LogP contribution in [0.5, 0.6) is 0 Å². The molecule has 0 saturated heterocycles. The molecule has 1 aromatic carbocycles. The lowest BCUT2D eigenvalue weighted by atomic mass is 10.2. The Hall–Kier alpha value is -2.07. The molecular formula is C18H20N2OS. The summed E-state index contributed by atoms with van der Waals surface area (Å²) in [6, 6.07) is 12.1. The maximum absolute atomic E-state index is 5.57. The van der Waals surface area contributed by atoms with E-state index < -0.39 is 0 Å². The molecule has 3 rings (SSSR count). The van der Waals surface area contributed by atoms with Crippen LogP contribution in [0.3, 0.4) is 0 Å². The molecule has 0 saturated carbocycles. The smallest absolute Gasteiger partial charge is 0.190 e. The lowest BCUT2D eigenvalue weighted by Gasteiger charge is -2.10. The molecule has 114 valence electrons. The molecule has 4 heteroatoms. The topological polar surface area (TPSA) is 30.4 Å². The summed E-state index contributed by atoms with van der Waals surface area (Å²) in [5, 5.41) is 2.12. The number of benzene rings is 1. The third-order valence-electron chi connectivity index (χ3n) is 3.45. The Labute approximate surface area is 134 Å². The van der Waals surface area contributed by atoms with Crippen LogP contribution in [-0.4, -0.2) is 4.57 Å². The van der Waals surface area contributed by atoms with Crippen molar-refractivity contribution in [1.29, 1.82) is 0 Å². The minimum Gasteiger partial charge on any atom is -0.463 e. The van der Waals surface area contributed by atoms with Crippen molar-refractivity contribution >= 4 is 17.0 Å². The van der Waals surface area contributed by atoms with Crippen molar-refractivity contribution in [3.05, 3.63) is 58.4 Å². The SMILES string of the molecule is Cc1ccccc1N=c1scc(-c2ccco2)n1CC(C)C. The van der Waals surface area contributed by atoms with Gasteiger partial charge in [-0.25, -0.2) is 4.99 Å². The van der Waals surface area contributed by atoms with Crippen LogP contribution in [0.25, 0.3) is 11.5 Å². The molecule has 0 atom stereocenters. The van der Waals surface area contributed by atoms with Crippen molar-refractivity contribution in [2.75, 3.05) is 0 Å². The third kappa shape index (κ3) is 3.07. The fourth-order valence-electron chi connectivity index (χ4n) is 2.37. The number of rotatable bonds is 4. The predicted molar refractivity (Wildman–Crippen MR) is 91.3 cm³/mol. The van der Waals surface area contributed by atoms with E-state index in [9.17, 15) is 0 Å². The number of aromatic nitrogens is 1. The van der Waals surface area contributed by atoms with E-state index in [1.807, 2.05) is 24.3 Å². The van der Waals surface area contributed by atoms with Crippen molar-refractivity contribution in [3.8, 4) is 11.5 Å². The first-order valence-electron chi connectivity index (χ1n) is 7.47. The summed E-state index contributed by atoms with van der Waals surface area (Å²) in [7, 11) is 0. The molecule has 2 aromatic heterocycles. The van der Waals surface area contributed by atoms with Gasteiger partial charge in [0, 0.05) is 11.9 Å². The minimum absolute atomic E-state index is 0.541. The van der Waals surface area contributed by atoms with Crippen molar-refractivity contribution in [2.45, 2.75) is 27.3 Å². The molecule has 0 bridgehead atoms. The van der Waals surface area contributed by atoms with Gasteiger partial charge in [-0.05, 0) is 36.6 Å². The van der Waals surface area contributed by atoms with Crippen LogP contribution in [0.4, 0.5) is 5.69 Å². The van der Waals surface area contributed by atoms with Gasteiger partial charge in [-0.2, -0.15) is 0 Å². The molecule has 0 N–H and O–H groups in total. The third-order valence-corrected chi connectivity index (χ3v) is 4.31. The number of thiazole rings is 1. The van der Waals surface area contributed by atoms with Crippen LogP contribution >= 0.6 is 11.3 Å². The average Bonchev–Trinajstić information content (AvgIpc) is 3.11. The first-order valence-corrected chi connectivity index (χ1v) is 8.35. The van der Waals surface area contributed by atoms with E-state index >= 15 is 0 Å². The van der Waals surface area contributed by atoms with E-state index in [0.29, 0.717) is 5.92 Å². The van der Waals surface area contributed by atoms with Gasteiger partial charge in [0.2, 0.25) is 0 Å². The second-order valence-electron chi connectivity index (χ2n) is 5.78. The highest BCUT2D eigenvalue weighted by molar-refractivity contribution is 7.07. The molecule has 2 heterocycles. The van der Waals surface area contributed by atoms with Gasteiger partial charge in [-0.1, -0.05) is 32.0 Å². The number of nitrogens with zero attached hydrogens (tertiary/aromatic N) is 2. The van der Waals surface area contributed by atoms with Crippen LogP contribution in [0.2, 0.25) is 0 Å². The Morgan fingerprint density at radius 3 is 2.68 bits per heavy atom. The lowest BCUT2D eigenvalue weighted by Crippen LogP contribution is -2.18. The van der Waals surface area contributed by atoms with Gasteiger partial charge in [0.15, 0.2) is 10.6 Å². The molecule has 0 unspecified atom stereocenters. The monoisotopic (exact) mass is 312 g/mol. The summed E-state index contributed by atoms with van der Waals surface area (Å²) >= 11 is 1.66. The zero-order valence-corrected chi connectivity index (χ0v) is 13.9. The van der Waals surface area contributed by atoms with Crippen LogP contribution in [0.1, 0.15) is 19.4 Å². The fraction of sp³-hybridized carbons (Fsp3) is 0.278. The number of furan rings is 1. The molecule has 3 aromatic rings. The summed E-state index contributed by atoms with van der Waals surface area (Å²) < 4.78 is 7.82. The maximum Gasteiger partial charge on any atom is 0.190 e. The van der Waals surface area contributed by atoms with Crippen molar-refractivity contribution in [3.63, 3.8) is 0 Å². The normalized spacial score (nSPS) is 12.3. The number of hydrogen-bond donors (Lipinski definition) is 0. The van der Waals surface area contributed by atoms with Gasteiger partial charge in [0.25, 0.3) is 0 Å². The fourth-order valence-corrected chi connectivity index (χ4v) is 3.29. The number of aryl methyl sites for hydroxylation is 1. The van der Waals surface area contributed by atoms with E-state index in [-0.39, 0.29) is 0 Å². The molecule has 0 radical (unpaired) electrons. The Bertz CT molecular complexity index is 810. The molecule has 0 fully saturated rings. The first-order chi connectivity index (χ1) is 10.6. The number of para-hydroxylation sites is 1. The standard InChI is InChI=1S/C18H20N2OS/c1-13(2)11-20-16(17-9-6-10-21-17)12-22-18(20)19-15-8-5-4-7-14(15)3/h4-10,12-13H,11H2,1-3H3. The van der Waals surface area contributed by atoms with Crippen molar-refractivity contribution in [1.82, 2.24) is 4.57 Å². The maximum atomic E-state index is 5.57. The van der Waals surface area contributed by atoms with E-state index in [0.717, 1.165) is 28.5 Å². The van der Waals surface area contributed by atoms with E-state index in [4.69, 9.17) is 9.41 Å². The van der Waals surface area contributed by atoms with Gasteiger partial charge in [0.1, 0.15) is 0 Å². The van der Waals surface area contributed by atoms with Crippen LogP contribution in [0, 0.1) is 12.8 Å². The zero-order valence-electron chi connectivity index (χ0n) is 13.1. The Balaban J connectivity index is 2.14. The van der Waals surface area contributed by atoms with E-state index in [2.05, 4.69) is 42.9 Å². The van der Waals surface area contributed by atoms with E-state index in [1.54, 1.807) is 17.6 Å². The van der Waals surface area contributed by atoms with E-state index in [1.165, 1.54) is 5.56 Å². The highest BCUT2D eigenvalue weighted by atomic mass is 32.1. The summed E-state index contributed by atoms with van der Waals surface area (Å²) in [6.45, 7) is 7.44. The largest absolute Gasteiger partial charge is 0.463 e. The van der Waals surface area contributed by atoms with Crippen LogP contribution < -0.4 is 4.80 Å². The highest BCUT2D eigenvalue weighted by Crippen LogP contribution is 2.23. The van der Waals surface area contributed by atoms with Crippen molar-refractivity contribution < 1.29 is 4.42 Å². The predicted octanol–water partition coefficient (Wildman–Crippen LogP) is 5.01. The minimum atomic E-state index is 0.541. The molecule has 0 aliphatic rings. The molecule has 0 aliphatic heterocycles. The van der Waals surface area contributed by atoms with Gasteiger partial charge >= 0.3 is 0 Å². The summed E-state index contributed by atoms with van der Waals surface area (Å²) in [4.78, 5) is 5.87. The molecular weight excluding hydrogens is 292 g/mol. The average molecular weight is 312 g/mol. The molecule has 3 nitrogen and oxygen atoms in total. The van der Waals surface area contributed by atoms with Gasteiger partial charge in [-0.15, -0.1) is 11.3 Å². The summed E-state index contributed by atoms with van der Waals surface area (Å²) in [5.41, 5.74) is 3.30. The molecule has 0 spiro atoms. The summed E-state index contributed by atoms with van der Waals surface area (Å²) in [6.07, 6.45) is 1.71. The van der Waals surface area contributed by atoms with Crippen molar-refractivity contribution in [2.24, 2.45) is 10.9 Å². The lowest BCUT2D eigenvalue weighted by molar-refractivity contribution is 0.507. The number of hydrogen-bond acceptors (Lipinski definition) is 3. The first kappa shape index (κ1) is 14.9. The molecule has 22 heavy (non-hydrogen) atoms.